The Hall–Kier alpha value is -1.12. The molecule has 0 fully saturated rings. The van der Waals surface area contributed by atoms with Crippen LogP contribution in [0.3, 0.4) is 0 Å². The predicted molar refractivity (Wildman–Crippen MR) is 85.1 cm³/mol. The zero-order valence-electron chi connectivity index (χ0n) is 11.9. The van der Waals surface area contributed by atoms with E-state index in [1.54, 1.807) is 0 Å². The molecule has 1 atom stereocenters. The second kappa shape index (κ2) is 7.46. The number of hydrogen-bond acceptors (Lipinski definition) is 2. The van der Waals surface area contributed by atoms with Crippen molar-refractivity contribution in [3.63, 3.8) is 0 Å². The van der Waals surface area contributed by atoms with Gasteiger partial charge in [0.25, 0.3) is 0 Å². The molecule has 102 valence electrons. The van der Waals surface area contributed by atoms with Crippen molar-refractivity contribution in [2.24, 2.45) is 0 Å². The lowest BCUT2D eigenvalue weighted by atomic mass is 9.94. The van der Waals surface area contributed by atoms with Crippen LogP contribution >= 0.6 is 11.3 Å². The van der Waals surface area contributed by atoms with Crippen molar-refractivity contribution >= 4 is 11.3 Å². The van der Waals surface area contributed by atoms with Crippen molar-refractivity contribution in [2.75, 3.05) is 13.1 Å². The Morgan fingerprint density at radius 2 is 1.95 bits per heavy atom. The molecule has 1 aromatic carbocycles. The summed E-state index contributed by atoms with van der Waals surface area (Å²) in [6.45, 7) is 6.53. The minimum atomic E-state index is 0.575. The van der Waals surface area contributed by atoms with Gasteiger partial charge in [0.05, 0.1) is 0 Å². The molecule has 0 saturated carbocycles. The molecular formula is C17H23NS. The molecule has 0 amide bonds. The highest BCUT2D eigenvalue weighted by molar-refractivity contribution is 7.09. The Labute approximate surface area is 120 Å². The zero-order valence-corrected chi connectivity index (χ0v) is 12.7. The van der Waals surface area contributed by atoms with Crippen LogP contribution in [0.15, 0.2) is 41.8 Å². The summed E-state index contributed by atoms with van der Waals surface area (Å²) in [5.74, 6) is 0.575. The van der Waals surface area contributed by atoms with Gasteiger partial charge in [0.15, 0.2) is 0 Å². The second-order valence-electron chi connectivity index (χ2n) is 5.10. The monoisotopic (exact) mass is 273 g/mol. The Balaban J connectivity index is 2.06. The number of aryl methyl sites for hydroxylation is 1. The van der Waals surface area contributed by atoms with E-state index < -0.39 is 0 Å². The molecule has 0 saturated heterocycles. The van der Waals surface area contributed by atoms with Gasteiger partial charge in [-0.3, -0.25) is 0 Å². The lowest BCUT2D eigenvalue weighted by molar-refractivity contribution is 0.579. The molecule has 0 spiro atoms. The van der Waals surface area contributed by atoms with Crippen LogP contribution in [-0.4, -0.2) is 13.1 Å². The summed E-state index contributed by atoms with van der Waals surface area (Å²) >= 11 is 1.86. The molecule has 0 aliphatic heterocycles. The van der Waals surface area contributed by atoms with Gasteiger partial charge in [0.1, 0.15) is 0 Å². The first-order valence-corrected chi connectivity index (χ1v) is 7.97. The van der Waals surface area contributed by atoms with E-state index >= 15 is 0 Å². The first kappa shape index (κ1) is 14.3. The first-order chi connectivity index (χ1) is 9.29. The second-order valence-corrected chi connectivity index (χ2v) is 6.13. The summed E-state index contributed by atoms with van der Waals surface area (Å²) in [6, 6.07) is 13.4. The third-order valence-corrected chi connectivity index (χ3v) is 4.29. The summed E-state index contributed by atoms with van der Waals surface area (Å²) in [5, 5.41) is 5.73. The maximum atomic E-state index is 3.57. The van der Waals surface area contributed by atoms with E-state index in [4.69, 9.17) is 0 Å². The predicted octanol–water partition coefficient (Wildman–Crippen LogP) is 4.38. The Morgan fingerprint density at radius 3 is 2.58 bits per heavy atom. The molecule has 1 heterocycles. The highest BCUT2D eigenvalue weighted by Gasteiger charge is 2.12. The van der Waals surface area contributed by atoms with Crippen LogP contribution in [-0.2, 0) is 6.42 Å². The minimum absolute atomic E-state index is 0.575. The normalized spacial score (nSPS) is 12.5. The van der Waals surface area contributed by atoms with Crippen LogP contribution in [0.25, 0.3) is 0 Å². The molecule has 2 aromatic rings. The highest BCUT2D eigenvalue weighted by atomic mass is 32.1. The van der Waals surface area contributed by atoms with Gasteiger partial charge in [-0.25, -0.2) is 0 Å². The summed E-state index contributed by atoms with van der Waals surface area (Å²) in [5.41, 5.74) is 2.78. The van der Waals surface area contributed by atoms with E-state index in [1.807, 2.05) is 11.3 Å². The van der Waals surface area contributed by atoms with Crippen molar-refractivity contribution in [3.8, 4) is 0 Å². The van der Waals surface area contributed by atoms with Gasteiger partial charge in [0.2, 0.25) is 0 Å². The molecule has 2 rings (SSSR count). The van der Waals surface area contributed by atoms with Crippen molar-refractivity contribution in [1.82, 2.24) is 5.32 Å². The van der Waals surface area contributed by atoms with E-state index in [0.29, 0.717) is 5.92 Å². The highest BCUT2D eigenvalue weighted by Crippen LogP contribution is 2.23. The fourth-order valence-corrected chi connectivity index (χ4v) is 3.06. The van der Waals surface area contributed by atoms with E-state index in [1.165, 1.54) is 22.4 Å². The largest absolute Gasteiger partial charge is 0.316 e. The van der Waals surface area contributed by atoms with E-state index in [-0.39, 0.29) is 0 Å². The molecule has 1 aromatic heterocycles. The molecule has 0 radical (unpaired) electrons. The summed E-state index contributed by atoms with van der Waals surface area (Å²) in [6.07, 6.45) is 2.33. The fourth-order valence-electron chi connectivity index (χ4n) is 2.27. The molecule has 1 N–H and O–H groups in total. The maximum Gasteiger partial charge on any atom is 0.00517 e. The van der Waals surface area contributed by atoms with Crippen molar-refractivity contribution in [2.45, 2.75) is 32.6 Å². The van der Waals surface area contributed by atoms with Gasteiger partial charge in [-0.15, -0.1) is 11.3 Å². The smallest absolute Gasteiger partial charge is 0.00517 e. The van der Waals surface area contributed by atoms with Crippen molar-refractivity contribution in [3.05, 3.63) is 57.8 Å². The number of thiophene rings is 1. The topological polar surface area (TPSA) is 12.0 Å². The zero-order chi connectivity index (χ0) is 13.5. The third-order valence-electron chi connectivity index (χ3n) is 3.39. The van der Waals surface area contributed by atoms with Gasteiger partial charge >= 0.3 is 0 Å². The molecule has 0 aliphatic rings. The van der Waals surface area contributed by atoms with E-state index in [0.717, 1.165) is 19.5 Å². The van der Waals surface area contributed by atoms with Gasteiger partial charge in [-0.2, -0.15) is 0 Å². The van der Waals surface area contributed by atoms with Crippen LogP contribution in [0.1, 0.15) is 35.3 Å². The number of hydrogen-bond donors (Lipinski definition) is 1. The van der Waals surface area contributed by atoms with Crippen LogP contribution in [0.5, 0.6) is 0 Å². The van der Waals surface area contributed by atoms with Crippen LogP contribution in [0.2, 0.25) is 0 Å². The number of nitrogens with one attached hydrogen (secondary N) is 1. The summed E-state index contributed by atoms with van der Waals surface area (Å²) < 4.78 is 0. The van der Waals surface area contributed by atoms with Gasteiger partial charge in [-0.1, -0.05) is 42.8 Å². The molecule has 0 aliphatic carbocycles. The standard InChI is InChI=1S/C17H23NS/c1-3-10-18-13-16(12-17-5-4-11-19-17)15-8-6-14(2)7-9-15/h4-9,11,16,18H,3,10,12-13H2,1-2H3. The SMILES string of the molecule is CCCNCC(Cc1cccs1)c1ccc(C)cc1. The number of rotatable bonds is 7. The summed E-state index contributed by atoms with van der Waals surface area (Å²) in [7, 11) is 0. The van der Waals surface area contributed by atoms with E-state index in [2.05, 4.69) is 60.9 Å². The fraction of sp³-hybridized carbons (Fsp3) is 0.412. The van der Waals surface area contributed by atoms with Gasteiger partial charge in [-0.05, 0) is 43.3 Å². The first-order valence-electron chi connectivity index (χ1n) is 7.09. The molecule has 1 unspecified atom stereocenters. The molecule has 19 heavy (non-hydrogen) atoms. The van der Waals surface area contributed by atoms with Crippen LogP contribution < -0.4 is 5.32 Å². The summed E-state index contributed by atoms with van der Waals surface area (Å²) in [4.78, 5) is 1.48. The average Bonchev–Trinajstić information content (AvgIpc) is 2.92. The van der Waals surface area contributed by atoms with Crippen LogP contribution in [0, 0.1) is 6.92 Å². The van der Waals surface area contributed by atoms with Gasteiger partial charge in [0, 0.05) is 17.3 Å². The molecule has 2 heteroatoms. The Kier molecular flexibility index (Phi) is 5.62. The van der Waals surface area contributed by atoms with Crippen LogP contribution in [0.4, 0.5) is 0 Å². The average molecular weight is 273 g/mol. The lowest BCUT2D eigenvalue weighted by Crippen LogP contribution is -2.23. The van der Waals surface area contributed by atoms with Gasteiger partial charge < -0.3 is 5.32 Å². The van der Waals surface area contributed by atoms with E-state index in [9.17, 15) is 0 Å². The Morgan fingerprint density at radius 1 is 1.16 bits per heavy atom. The molecule has 0 bridgehead atoms. The third kappa shape index (κ3) is 4.48. The molecular weight excluding hydrogens is 250 g/mol. The lowest BCUT2D eigenvalue weighted by Gasteiger charge is -2.17. The maximum absolute atomic E-state index is 3.57. The number of benzene rings is 1. The minimum Gasteiger partial charge on any atom is -0.316 e. The van der Waals surface area contributed by atoms with Crippen molar-refractivity contribution in [1.29, 1.82) is 0 Å². The Bertz CT molecular complexity index is 459. The molecule has 1 nitrogen and oxygen atoms in total. The van der Waals surface area contributed by atoms with Crippen molar-refractivity contribution < 1.29 is 0 Å². The quantitative estimate of drug-likeness (QED) is 0.738.